The molecule has 4 N–H and O–H groups in total. The zero-order valence-corrected chi connectivity index (χ0v) is 18.9. The van der Waals surface area contributed by atoms with E-state index in [2.05, 4.69) is 40.1 Å². The van der Waals surface area contributed by atoms with Crippen LogP contribution in [0.3, 0.4) is 0 Å². The van der Waals surface area contributed by atoms with Gasteiger partial charge in [-0.1, -0.05) is 26.0 Å². The average Bonchev–Trinajstić information content (AvgIpc) is 2.54. The van der Waals surface area contributed by atoms with Crippen LogP contribution in [-0.4, -0.2) is 31.6 Å². The number of nitrogens with zero attached hydrogens (tertiary/aromatic N) is 1. The third kappa shape index (κ3) is 11.2. The van der Waals surface area contributed by atoms with Gasteiger partial charge in [0.1, 0.15) is 0 Å². The highest BCUT2D eigenvalue weighted by Crippen LogP contribution is 2.09. The molecule has 0 unspecified atom stereocenters. The number of hydrogen-bond acceptors (Lipinski definition) is 2. The van der Waals surface area contributed by atoms with Crippen molar-refractivity contribution in [2.75, 3.05) is 18.9 Å². The molecule has 0 aliphatic carbocycles. The number of benzene rings is 1. The van der Waals surface area contributed by atoms with Crippen LogP contribution in [0.15, 0.2) is 29.3 Å². The van der Waals surface area contributed by atoms with Gasteiger partial charge < -0.3 is 21.3 Å². The second-order valence-electron chi connectivity index (χ2n) is 6.84. The number of urea groups is 1. The molecule has 0 saturated carbocycles. The standard InChI is InChI=1S/C19H33N5O.HI/c1-14(2)7-6-12-21-18(20-5)22-13-16-8-10-17(11-9-16)24-19(25)23-15(3)4;/h8-11,14-15H,6-7,12-13H2,1-5H3,(H2,20,21,22)(H2,23,24,25);1H. The maximum absolute atomic E-state index is 11.7. The maximum Gasteiger partial charge on any atom is 0.319 e. The number of carbonyl (C=O) groups excluding carboxylic acids is 1. The number of halogens is 1. The van der Waals surface area contributed by atoms with E-state index in [0.717, 1.165) is 36.1 Å². The van der Waals surface area contributed by atoms with Crippen molar-refractivity contribution in [3.05, 3.63) is 29.8 Å². The van der Waals surface area contributed by atoms with E-state index in [1.807, 2.05) is 38.1 Å². The first kappa shape index (κ1) is 24.5. The minimum atomic E-state index is -0.188. The van der Waals surface area contributed by atoms with Gasteiger partial charge in [0, 0.05) is 31.9 Å². The van der Waals surface area contributed by atoms with Crippen LogP contribution in [0, 0.1) is 5.92 Å². The first-order valence-electron chi connectivity index (χ1n) is 9.01. The fourth-order valence-electron chi connectivity index (χ4n) is 2.26. The van der Waals surface area contributed by atoms with Crippen LogP contribution < -0.4 is 21.3 Å². The molecule has 2 amide bonds. The van der Waals surface area contributed by atoms with Crippen LogP contribution in [-0.2, 0) is 6.54 Å². The van der Waals surface area contributed by atoms with Crippen molar-refractivity contribution in [1.29, 1.82) is 0 Å². The molecule has 0 heterocycles. The van der Waals surface area contributed by atoms with Crippen LogP contribution in [0.2, 0.25) is 0 Å². The first-order valence-corrected chi connectivity index (χ1v) is 9.01. The molecule has 7 heteroatoms. The molecule has 0 aliphatic heterocycles. The third-order valence-electron chi connectivity index (χ3n) is 3.57. The molecular formula is C19H34IN5O. The average molecular weight is 475 g/mol. The summed E-state index contributed by atoms with van der Waals surface area (Å²) >= 11 is 0. The molecule has 26 heavy (non-hydrogen) atoms. The quantitative estimate of drug-likeness (QED) is 0.199. The number of hydrogen-bond donors (Lipinski definition) is 4. The predicted octanol–water partition coefficient (Wildman–Crippen LogP) is 3.94. The summed E-state index contributed by atoms with van der Waals surface area (Å²) in [5, 5.41) is 12.2. The Morgan fingerprint density at radius 2 is 1.73 bits per heavy atom. The van der Waals surface area contributed by atoms with Crippen LogP contribution in [0.25, 0.3) is 0 Å². The van der Waals surface area contributed by atoms with E-state index in [0.29, 0.717) is 6.54 Å². The third-order valence-corrected chi connectivity index (χ3v) is 3.57. The van der Waals surface area contributed by atoms with Crippen molar-refractivity contribution in [1.82, 2.24) is 16.0 Å². The molecule has 0 spiro atoms. The highest BCUT2D eigenvalue weighted by Gasteiger charge is 2.04. The normalized spacial score (nSPS) is 11.1. The first-order chi connectivity index (χ1) is 11.9. The number of carbonyl (C=O) groups is 1. The van der Waals surface area contributed by atoms with Gasteiger partial charge in [0.05, 0.1) is 0 Å². The highest BCUT2D eigenvalue weighted by atomic mass is 127. The Morgan fingerprint density at radius 1 is 1.08 bits per heavy atom. The lowest BCUT2D eigenvalue weighted by Gasteiger charge is -2.13. The minimum Gasteiger partial charge on any atom is -0.356 e. The molecule has 1 aromatic carbocycles. The molecule has 0 aliphatic rings. The molecule has 0 radical (unpaired) electrons. The van der Waals surface area contributed by atoms with E-state index in [-0.39, 0.29) is 36.0 Å². The molecule has 0 aromatic heterocycles. The summed E-state index contributed by atoms with van der Waals surface area (Å²) < 4.78 is 0. The molecule has 0 bridgehead atoms. The Balaban J connectivity index is 0.00000625. The van der Waals surface area contributed by atoms with E-state index in [1.54, 1.807) is 7.05 Å². The lowest BCUT2D eigenvalue weighted by molar-refractivity contribution is 0.250. The van der Waals surface area contributed by atoms with Gasteiger partial charge in [-0.15, -0.1) is 24.0 Å². The fourth-order valence-corrected chi connectivity index (χ4v) is 2.26. The molecular weight excluding hydrogens is 441 g/mol. The zero-order chi connectivity index (χ0) is 18.7. The summed E-state index contributed by atoms with van der Waals surface area (Å²) in [4.78, 5) is 15.9. The number of amides is 2. The molecule has 1 aromatic rings. The van der Waals surface area contributed by atoms with Crippen molar-refractivity contribution in [2.24, 2.45) is 10.9 Å². The number of rotatable bonds is 8. The van der Waals surface area contributed by atoms with Crippen molar-refractivity contribution in [3.8, 4) is 0 Å². The Bertz CT molecular complexity index is 543. The minimum absolute atomic E-state index is 0. The Kier molecular flexibility index (Phi) is 12.9. The molecule has 148 valence electrons. The van der Waals surface area contributed by atoms with Gasteiger partial charge in [0.15, 0.2) is 5.96 Å². The summed E-state index contributed by atoms with van der Waals surface area (Å²) in [6.07, 6.45) is 2.35. The lowest BCUT2D eigenvalue weighted by atomic mass is 10.1. The number of guanidine groups is 1. The summed E-state index contributed by atoms with van der Waals surface area (Å²) in [6.45, 7) is 9.93. The Hall–Kier alpha value is -1.51. The number of nitrogens with one attached hydrogen (secondary N) is 4. The number of anilines is 1. The SMILES string of the molecule is CN=C(NCCCC(C)C)NCc1ccc(NC(=O)NC(C)C)cc1.I. The van der Waals surface area contributed by atoms with Crippen LogP contribution in [0.1, 0.15) is 46.1 Å². The van der Waals surface area contributed by atoms with E-state index >= 15 is 0 Å². The fraction of sp³-hybridized carbons (Fsp3) is 0.579. The Labute approximate surface area is 175 Å². The van der Waals surface area contributed by atoms with E-state index in [4.69, 9.17) is 0 Å². The monoisotopic (exact) mass is 475 g/mol. The zero-order valence-electron chi connectivity index (χ0n) is 16.6. The topological polar surface area (TPSA) is 77.6 Å². The van der Waals surface area contributed by atoms with Gasteiger partial charge in [-0.2, -0.15) is 0 Å². The summed E-state index contributed by atoms with van der Waals surface area (Å²) in [7, 11) is 1.78. The highest BCUT2D eigenvalue weighted by molar-refractivity contribution is 14.0. The molecule has 0 fully saturated rings. The van der Waals surface area contributed by atoms with Crippen molar-refractivity contribution in [3.63, 3.8) is 0 Å². The molecule has 1 rings (SSSR count). The summed E-state index contributed by atoms with van der Waals surface area (Å²) in [5.74, 6) is 1.54. The van der Waals surface area contributed by atoms with E-state index < -0.39 is 0 Å². The predicted molar refractivity (Wildman–Crippen MR) is 121 cm³/mol. The van der Waals surface area contributed by atoms with Gasteiger partial charge in [-0.25, -0.2) is 4.79 Å². The van der Waals surface area contributed by atoms with Crippen LogP contribution >= 0.6 is 24.0 Å². The summed E-state index contributed by atoms with van der Waals surface area (Å²) in [5.41, 5.74) is 1.90. The van der Waals surface area contributed by atoms with Gasteiger partial charge in [-0.3, -0.25) is 4.99 Å². The van der Waals surface area contributed by atoms with Crippen molar-refractivity contribution >= 4 is 41.7 Å². The van der Waals surface area contributed by atoms with Gasteiger partial charge in [0.2, 0.25) is 0 Å². The van der Waals surface area contributed by atoms with Crippen molar-refractivity contribution < 1.29 is 4.79 Å². The number of aliphatic imine (C=N–C) groups is 1. The molecule has 0 atom stereocenters. The van der Waals surface area contributed by atoms with Gasteiger partial charge in [-0.05, 0) is 50.3 Å². The molecule has 6 nitrogen and oxygen atoms in total. The van der Waals surface area contributed by atoms with Gasteiger partial charge >= 0.3 is 6.03 Å². The smallest absolute Gasteiger partial charge is 0.319 e. The second kappa shape index (κ2) is 13.7. The second-order valence-corrected chi connectivity index (χ2v) is 6.84. The largest absolute Gasteiger partial charge is 0.356 e. The summed E-state index contributed by atoms with van der Waals surface area (Å²) in [6, 6.07) is 7.70. The maximum atomic E-state index is 11.7. The van der Waals surface area contributed by atoms with Crippen molar-refractivity contribution in [2.45, 2.75) is 53.1 Å². The molecule has 0 saturated heterocycles. The van der Waals surface area contributed by atoms with E-state index in [9.17, 15) is 4.79 Å². The lowest BCUT2D eigenvalue weighted by Crippen LogP contribution is -2.37. The van der Waals surface area contributed by atoms with Crippen LogP contribution in [0.5, 0.6) is 0 Å². The van der Waals surface area contributed by atoms with Crippen LogP contribution in [0.4, 0.5) is 10.5 Å². The van der Waals surface area contributed by atoms with E-state index in [1.165, 1.54) is 6.42 Å². The van der Waals surface area contributed by atoms with Gasteiger partial charge in [0.25, 0.3) is 0 Å². The Morgan fingerprint density at radius 3 is 2.27 bits per heavy atom.